The summed E-state index contributed by atoms with van der Waals surface area (Å²) in [6, 6.07) is 5.67. The number of ketones is 1. The zero-order valence-corrected chi connectivity index (χ0v) is 24.6. The molecule has 7 heteroatoms. The van der Waals surface area contributed by atoms with E-state index in [1.165, 1.54) is 0 Å². The number of ether oxygens (including phenoxy) is 4. The lowest BCUT2D eigenvalue weighted by molar-refractivity contribution is -0.127. The van der Waals surface area contributed by atoms with Crippen molar-refractivity contribution < 1.29 is 28.8 Å². The quantitative estimate of drug-likeness (QED) is 0.254. The average Bonchev–Trinajstić information content (AvgIpc) is 2.89. The van der Waals surface area contributed by atoms with Gasteiger partial charge in [-0.05, 0) is 73.5 Å². The van der Waals surface area contributed by atoms with Crippen molar-refractivity contribution in [2.75, 3.05) is 40.6 Å². The Bertz CT molecular complexity index is 808. The van der Waals surface area contributed by atoms with Gasteiger partial charge in [-0.25, -0.2) is 0 Å². The van der Waals surface area contributed by atoms with Crippen LogP contribution in [0, 0.1) is 29.6 Å². The molecule has 1 aromatic carbocycles. The van der Waals surface area contributed by atoms with Crippen LogP contribution in [0.25, 0.3) is 0 Å². The largest absolute Gasteiger partial charge is 0.493 e. The monoisotopic (exact) mass is 535 g/mol. The van der Waals surface area contributed by atoms with Gasteiger partial charge in [0.2, 0.25) is 0 Å². The third kappa shape index (κ3) is 10.8. The second-order valence-corrected chi connectivity index (χ2v) is 11.7. The minimum absolute atomic E-state index is 0.163. The Balaban J connectivity index is 2.00. The van der Waals surface area contributed by atoms with Gasteiger partial charge in [-0.15, -0.1) is 0 Å². The number of aliphatic hydroxyl groups excluding tert-OH is 1. The Morgan fingerprint density at radius 2 is 1.87 bits per heavy atom. The van der Waals surface area contributed by atoms with E-state index in [1.54, 1.807) is 14.2 Å². The maximum atomic E-state index is 13.1. The Morgan fingerprint density at radius 1 is 1.11 bits per heavy atom. The molecule has 7 nitrogen and oxygen atoms in total. The first-order valence-corrected chi connectivity index (χ1v) is 14.5. The first-order valence-electron chi connectivity index (χ1n) is 14.5. The van der Waals surface area contributed by atoms with E-state index < -0.39 is 12.1 Å². The van der Waals surface area contributed by atoms with Crippen LogP contribution in [0.4, 0.5) is 0 Å². The molecule has 0 saturated carbocycles. The summed E-state index contributed by atoms with van der Waals surface area (Å²) in [7, 11) is 3.33. The molecule has 3 N–H and O–H groups in total. The second-order valence-electron chi connectivity index (χ2n) is 11.7. The number of carbonyl (C=O) groups excluding carboxylic acids is 1. The number of methoxy groups -OCH3 is 2. The fourth-order valence-electron chi connectivity index (χ4n) is 5.36. The van der Waals surface area contributed by atoms with Crippen LogP contribution in [-0.2, 0) is 20.7 Å². The normalized spacial score (nSPS) is 19.3. The molecule has 0 spiro atoms. The number of carbonyl (C=O) groups is 1. The van der Waals surface area contributed by atoms with Crippen molar-refractivity contribution in [3.05, 3.63) is 23.8 Å². The van der Waals surface area contributed by atoms with Crippen molar-refractivity contribution in [1.29, 1.82) is 0 Å². The van der Waals surface area contributed by atoms with Crippen molar-refractivity contribution in [2.45, 2.75) is 84.8 Å². The van der Waals surface area contributed by atoms with Gasteiger partial charge in [-0.1, -0.05) is 33.8 Å². The molecule has 1 fully saturated rings. The van der Waals surface area contributed by atoms with Crippen LogP contribution in [-0.4, -0.2) is 63.7 Å². The molecule has 1 aliphatic heterocycles. The highest BCUT2D eigenvalue weighted by Crippen LogP contribution is 2.32. The summed E-state index contributed by atoms with van der Waals surface area (Å²) in [6.07, 6.45) is 4.61. The van der Waals surface area contributed by atoms with E-state index in [0.717, 1.165) is 43.6 Å². The average molecular weight is 536 g/mol. The van der Waals surface area contributed by atoms with Crippen LogP contribution in [0.3, 0.4) is 0 Å². The highest BCUT2D eigenvalue weighted by Gasteiger charge is 2.31. The number of benzene rings is 1. The van der Waals surface area contributed by atoms with E-state index in [0.29, 0.717) is 56.7 Å². The van der Waals surface area contributed by atoms with Gasteiger partial charge in [0.15, 0.2) is 11.5 Å². The summed E-state index contributed by atoms with van der Waals surface area (Å²) in [4.78, 5) is 13.1. The minimum atomic E-state index is -0.717. The van der Waals surface area contributed by atoms with E-state index in [4.69, 9.17) is 24.7 Å². The SMILES string of the molecule is COCCCOc1cc(C[C@@H](C[C@H](N)[C@@H](O)C[C@H](C(=O)CC2CCCOC2)C(C)C)C(C)C)ccc1OC. The molecule has 5 atom stereocenters. The van der Waals surface area contributed by atoms with Gasteiger partial charge in [-0.2, -0.15) is 0 Å². The lowest BCUT2D eigenvalue weighted by Crippen LogP contribution is -2.41. The molecule has 218 valence electrons. The maximum Gasteiger partial charge on any atom is 0.161 e. The second kappa shape index (κ2) is 17.1. The van der Waals surface area contributed by atoms with Crippen molar-refractivity contribution in [3.8, 4) is 11.5 Å². The van der Waals surface area contributed by atoms with Gasteiger partial charge in [0, 0.05) is 51.7 Å². The first-order chi connectivity index (χ1) is 18.2. The fourth-order valence-corrected chi connectivity index (χ4v) is 5.36. The molecule has 0 aliphatic carbocycles. The molecule has 1 heterocycles. The molecule has 2 rings (SSSR count). The molecule has 1 aliphatic rings. The number of nitrogens with two attached hydrogens (primary N) is 1. The van der Waals surface area contributed by atoms with Crippen molar-refractivity contribution in [1.82, 2.24) is 0 Å². The van der Waals surface area contributed by atoms with Crippen LogP contribution < -0.4 is 15.2 Å². The van der Waals surface area contributed by atoms with Gasteiger partial charge in [0.1, 0.15) is 5.78 Å². The van der Waals surface area contributed by atoms with Crippen LogP contribution >= 0.6 is 0 Å². The summed E-state index contributed by atoms with van der Waals surface area (Å²) in [5, 5.41) is 11.1. The molecular weight excluding hydrogens is 482 g/mol. The van der Waals surface area contributed by atoms with E-state index >= 15 is 0 Å². The predicted octanol–water partition coefficient (Wildman–Crippen LogP) is 5.05. The van der Waals surface area contributed by atoms with Gasteiger partial charge in [0.25, 0.3) is 0 Å². The molecule has 1 aromatic rings. The third-order valence-electron chi connectivity index (χ3n) is 7.95. The molecule has 1 saturated heterocycles. The van der Waals surface area contributed by atoms with Crippen molar-refractivity contribution in [3.63, 3.8) is 0 Å². The van der Waals surface area contributed by atoms with Crippen LogP contribution in [0.1, 0.15) is 71.8 Å². The van der Waals surface area contributed by atoms with Crippen LogP contribution in [0.2, 0.25) is 0 Å². The maximum absolute atomic E-state index is 13.1. The lowest BCUT2D eigenvalue weighted by atomic mass is 9.78. The number of hydrogen-bond donors (Lipinski definition) is 2. The molecule has 0 bridgehead atoms. The van der Waals surface area contributed by atoms with Crippen LogP contribution in [0.5, 0.6) is 11.5 Å². The zero-order chi connectivity index (χ0) is 28.1. The molecule has 38 heavy (non-hydrogen) atoms. The summed E-state index contributed by atoms with van der Waals surface area (Å²) in [6.45, 7) is 11.2. The molecule has 0 radical (unpaired) electrons. The highest BCUT2D eigenvalue weighted by molar-refractivity contribution is 5.81. The number of hydrogen-bond acceptors (Lipinski definition) is 7. The lowest BCUT2D eigenvalue weighted by Gasteiger charge is -2.31. The highest BCUT2D eigenvalue weighted by atomic mass is 16.5. The smallest absolute Gasteiger partial charge is 0.161 e. The van der Waals surface area contributed by atoms with Crippen molar-refractivity contribution in [2.24, 2.45) is 35.3 Å². The third-order valence-corrected chi connectivity index (χ3v) is 7.95. The number of aliphatic hydroxyl groups is 1. The van der Waals surface area contributed by atoms with E-state index in [2.05, 4.69) is 33.8 Å². The summed E-state index contributed by atoms with van der Waals surface area (Å²) < 4.78 is 22.1. The summed E-state index contributed by atoms with van der Waals surface area (Å²) in [5.74, 6) is 2.62. The Kier molecular flexibility index (Phi) is 14.7. The zero-order valence-electron chi connectivity index (χ0n) is 24.6. The topological polar surface area (TPSA) is 100 Å². The predicted molar refractivity (Wildman–Crippen MR) is 152 cm³/mol. The van der Waals surface area contributed by atoms with E-state index in [9.17, 15) is 9.90 Å². The molecule has 0 aromatic heterocycles. The van der Waals surface area contributed by atoms with Gasteiger partial charge >= 0.3 is 0 Å². The van der Waals surface area contributed by atoms with E-state index in [-0.39, 0.29) is 23.5 Å². The minimum Gasteiger partial charge on any atom is -0.493 e. The Labute approximate surface area is 230 Å². The Morgan fingerprint density at radius 3 is 2.47 bits per heavy atom. The fraction of sp³-hybridized carbons (Fsp3) is 0.774. The van der Waals surface area contributed by atoms with E-state index in [1.807, 2.05) is 12.1 Å². The molecular formula is C31H53NO6. The summed E-state index contributed by atoms with van der Waals surface area (Å²) >= 11 is 0. The van der Waals surface area contributed by atoms with Crippen LogP contribution in [0.15, 0.2) is 18.2 Å². The molecule has 1 unspecified atom stereocenters. The molecule has 0 amide bonds. The van der Waals surface area contributed by atoms with Gasteiger partial charge < -0.3 is 29.8 Å². The first kappa shape index (κ1) is 32.5. The number of Topliss-reactive ketones (excluding diaryl/α,β-unsaturated/α-hetero) is 1. The standard InChI is InChI=1S/C31H53NO6/c1-21(2)25(15-23-10-11-30(36-6)31(17-23)38-14-8-12-35-5)18-27(32)29(34)19-26(22(3)4)28(33)16-24-9-7-13-37-20-24/h10-11,17,21-22,24-27,29,34H,7-9,12-16,18-20,32H2,1-6H3/t24?,25-,26-,27-,29-/m0/s1. The summed E-state index contributed by atoms with van der Waals surface area (Å²) in [5.41, 5.74) is 7.73. The van der Waals surface area contributed by atoms with Gasteiger partial charge in [0.05, 0.1) is 19.8 Å². The Hall–Kier alpha value is -1.67. The van der Waals surface area contributed by atoms with Gasteiger partial charge in [-0.3, -0.25) is 4.79 Å². The van der Waals surface area contributed by atoms with Crippen molar-refractivity contribution >= 4 is 5.78 Å². The number of rotatable bonds is 18.